The second kappa shape index (κ2) is 9.65. The average molecular weight is 229 g/mol. The fraction of sp³-hybridized carbons (Fsp3) is 0.333. The van der Waals surface area contributed by atoms with E-state index in [4.69, 9.17) is 4.74 Å². The molecule has 0 aliphatic carbocycles. The van der Waals surface area contributed by atoms with E-state index in [0.717, 1.165) is 31.7 Å². The molecule has 0 amide bonds. The molecule has 90 valence electrons. The van der Waals surface area contributed by atoms with Crippen LogP contribution in [0.4, 0.5) is 0 Å². The van der Waals surface area contributed by atoms with Gasteiger partial charge in [-0.3, -0.25) is 0 Å². The van der Waals surface area contributed by atoms with Crippen LogP contribution in [0.5, 0.6) is 0 Å². The summed E-state index contributed by atoms with van der Waals surface area (Å²) in [7, 11) is 0. The summed E-state index contributed by atoms with van der Waals surface area (Å²) in [6.07, 6.45) is 2.77. The Balaban J connectivity index is 2.01. The van der Waals surface area contributed by atoms with Crippen molar-refractivity contribution in [2.45, 2.75) is 6.42 Å². The van der Waals surface area contributed by atoms with Gasteiger partial charge in [0.05, 0.1) is 19.8 Å². The zero-order chi connectivity index (χ0) is 12.2. The van der Waals surface area contributed by atoms with Crippen molar-refractivity contribution in [3.63, 3.8) is 0 Å². The molecule has 0 heterocycles. The molecule has 0 radical (unpaired) electrons. The quantitative estimate of drug-likeness (QED) is 0.440. The largest absolute Gasteiger partial charge is 0.380 e. The van der Waals surface area contributed by atoms with Crippen molar-refractivity contribution in [2.24, 2.45) is 0 Å². The number of ether oxygens (including phenoxy) is 1. The first-order valence-electron chi connectivity index (χ1n) is 5.87. The molecule has 0 atom stereocenters. The maximum atomic E-state index is 5.36. The SMILES string of the molecule is C=CCCOCCNCC#Cc1ccccc1. The molecular formula is C15H19NO. The van der Waals surface area contributed by atoms with Crippen LogP contribution in [0.15, 0.2) is 43.0 Å². The Morgan fingerprint density at radius 1 is 1.24 bits per heavy atom. The fourth-order valence-corrected chi connectivity index (χ4v) is 1.23. The Hall–Kier alpha value is -1.56. The summed E-state index contributed by atoms with van der Waals surface area (Å²) in [6, 6.07) is 9.98. The molecule has 0 saturated carbocycles. The second-order valence-electron chi connectivity index (χ2n) is 3.53. The van der Waals surface area contributed by atoms with Gasteiger partial charge in [-0.25, -0.2) is 0 Å². The zero-order valence-corrected chi connectivity index (χ0v) is 10.1. The smallest absolute Gasteiger partial charge is 0.0591 e. The van der Waals surface area contributed by atoms with E-state index in [1.165, 1.54) is 0 Å². The molecule has 17 heavy (non-hydrogen) atoms. The molecule has 2 heteroatoms. The van der Waals surface area contributed by atoms with Gasteiger partial charge in [-0.05, 0) is 18.6 Å². The Morgan fingerprint density at radius 2 is 2.06 bits per heavy atom. The van der Waals surface area contributed by atoms with Crippen LogP contribution < -0.4 is 5.32 Å². The average Bonchev–Trinajstić information content (AvgIpc) is 2.38. The van der Waals surface area contributed by atoms with Crippen LogP contribution in [0, 0.1) is 11.8 Å². The van der Waals surface area contributed by atoms with Crippen molar-refractivity contribution in [3.05, 3.63) is 48.6 Å². The van der Waals surface area contributed by atoms with E-state index in [-0.39, 0.29) is 0 Å². The lowest BCUT2D eigenvalue weighted by Crippen LogP contribution is -2.20. The van der Waals surface area contributed by atoms with Gasteiger partial charge in [0.25, 0.3) is 0 Å². The summed E-state index contributed by atoms with van der Waals surface area (Å²) >= 11 is 0. The maximum Gasteiger partial charge on any atom is 0.0591 e. The highest BCUT2D eigenvalue weighted by atomic mass is 16.5. The van der Waals surface area contributed by atoms with Crippen molar-refractivity contribution >= 4 is 0 Å². The number of hydrogen-bond donors (Lipinski definition) is 1. The van der Waals surface area contributed by atoms with Gasteiger partial charge in [-0.2, -0.15) is 0 Å². The zero-order valence-electron chi connectivity index (χ0n) is 10.1. The van der Waals surface area contributed by atoms with Crippen molar-refractivity contribution < 1.29 is 4.74 Å². The van der Waals surface area contributed by atoms with Crippen LogP contribution >= 0.6 is 0 Å². The van der Waals surface area contributed by atoms with Crippen LogP contribution in [0.25, 0.3) is 0 Å². The first-order chi connectivity index (χ1) is 8.43. The number of nitrogens with one attached hydrogen (secondary N) is 1. The van der Waals surface area contributed by atoms with Crippen molar-refractivity contribution in [1.29, 1.82) is 0 Å². The molecule has 0 spiro atoms. The minimum absolute atomic E-state index is 0.694. The molecule has 0 saturated heterocycles. The highest BCUT2D eigenvalue weighted by Crippen LogP contribution is 1.93. The lowest BCUT2D eigenvalue weighted by atomic mass is 10.2. The second-order valence-corrected chi connectivity index (χ2v) is 3.53. The molecule has 1 aromatic rings. The molecule has 0 fully saturated rings. The van der Waals surface area contributed by atoms with E-state index >= 15 is 0 Å². The van der Waals surface area contributed by atoms with Crippen molar-refractivity contribution in [3.8, 4) is 11.8 Å². The topological polar surface area (TPSA) is 21.3 Å². The number of rotatable bonds is 7. The first kappa shape index (κ1) is 13.5. The summed E-state index contributed by atoms with van der Waals surface area (Å²) in [5.41, 5.74) is 1.05. The van der Waals surface area contributed by atoms with E-state index in [2.05, 4.69) is 23.7 Å². The lowest BCUT2D eigenvalue weighted by Gasteiger charge is -2.01. The highest BCUT2D eigenvalue weighted by Gasteiger charge is 1.86. The summed E-state index contributed by atoms with van der Waals surface area (Å²) in [5.74, 6) is 6.16. The Bertz CT molecular complexity index is 362. The van der Waals surface area contributed by atoms with Gasteiger partial charge in [0.1, 0.15) is 0 Å². The third kappa shape index (κ3) is 7.35. The molecule has 1 rings (SSSR count). The van der Waals surface area contributed by atoms with E-state index in [1.54, 1.807) is 0 Å². The predicted octanol–water partition coefficient (Wildman–Crippen LogP) is 2.22. The highest BCUT2D eigenvalue weighted by molar-refractivity contribution is 5.33. The fourth-order valence-electron chi connectivity index (χ4n) is 1.23. The van der Waals surface area contributed by atoms with Gasteiger partial charge in [0.15, 0.2) is 0 Å². The Morgan fingerprint density at radius 3 is 2.82 bits per heavy atom. The molecular weight excluding hydrogens is 210 g/mol. The van der Waals surface area contributed by atoms with Crippen molar-refractivity contribution in [2.75, 3.05) is 26.3 Å². The Kier molecular flexibility index (Phi) is 7.67. The molecule has 1 N–H and O–H groups in total. The summed E-state index contributed by atoms with van der Waals surface area (Å²) in [6.45, 7) is 6.64. The van der Waals surface area contributed by atoms with Crippen LogP contribution in [-0.4, -0.2) is 26.3 Å². The van der Waals surface area contributed by atoms with Gasteiger partial charge in [-0.1, -0.05) is 36.1 Å². The monoisotopic (exact) mass is 229 g/mol. The maximum absolute atomic E-state index is 5.36. The Labute approximate surface area is 104 Å². The third-order valence-electron chi connectivity index (χ3n) is 2.11. The summed E-state index contributed by atoms with van der Waals surface area (Å²) in [4.78, 5) is 0. The predicted molar refractivity (Wildman–Crippen MR) is 71.8 cm³/mol. The van der Waals surface area contributed by atoms with Gasteiger partial charge in [0, 0.05) is 12.1 Å². The molecule has 0 aromatic heterocycles. The van der Waals surface area contributed by atoms with Crippen molar-refractivity contribution in [1.82, 2.24) is 5.32 Å². The van der Waals surface area contributed by atoms with Gasteiger partial charge in [0.2, 0.25) is 0 Å². The molecule has 0 aliphatic rings. The molecule has 0 unspecified atom stereocenters. The van der Waals surface area contributed by atoms with E-state index in [0.29, 0.717) is 6.54 Å². The number of benzene rings is 1. The van der Waals surface area contributed by atoms with Crippen LogP contribution in [0.2, 0.25) is 0 Å². The van der Waals surface area contributed by atoms with Gasteiger partial charge >= 0.3 is 0 Å². The minimum Gasteiger partial charge on any atom is -0.380 e. The van der Waals surface area contributed by atoms with E-state index in [1.807, 2.05) is 36.4 Å². The molecule has 0 bridgehead atoms. The molecule has 1 aromatic carbocycles. The molecule has 2 nitrogen and oxygen atoms in total. The first-order valence-corrected chi connectivity index (χ1v) is 5.87. The molecule has 0 aliphatic heterocycles. The van der Waals surface area contributed by atoms with Gasteiger partial charge < -0.3 is 10.1 Å². The van der Waals surface area contributed by atoms with E-state index in [9.17, 15) is 0 Å². The van der Waals surface area contributed by atoms with E-state index < -0.39 is 0 Å². The summed E-state index contributed by atoms with van der Waals surface area (Å²) < 4.78 is 5.36. The van der Waals surface area contributed by atoms with Crippen LogP contribution in [0.1, 0.15) is 12.0 Å². The lowest BCUT2D eigenvalue weighted by molar-refractivity contribution is 0.141. The third-order valence-corrected chi connectivity index (χ3v) is 2.11. The van der Waals surface area contributed by atoms with Crippen LogP contribution in [0.3, 0.4) is 0 Å². The normalized spacial score (nSPS) is 9.41. The summed E-state index contributed by atoms with van der Waals surface area (Å²) in [5, 5.41) is 3.21. The van der Waals surface area contributed by atoms with Gasteiger partial charge in [-0.15, -0.1) is 6.58 Å². The minimum atomic E-state index is 0.694. The number of hydrogen-bond acceptors (Lipinski definition) is 2. The van der Waals surface area contributed by atoms with Crippen LogP contribution in [-0.2, 0) is 4.74 Å². The standard InChI is InChI=1S/C15H19NO/c1-2-3-13-17-14-12-16-11-7-10-15-8-5-4-6-9-15/h2,4-6,8-9,16H,1,3,11-14H2.